The topological polar surface area (TPSA) is 75.4 Å². The molecular formula is C26H36F6N2O2. The summed E-state index contributed by atoms with van der Waals surface area (Å²) in [4.78, 5) is 12.7. The lowest BCUT2D eigenvalue weighted by Crippen LogP contribution is -2.43. The molecule has 2 unspecified atom stereocenters. The first-order valence-electron chi connectivity index (χ1n) is 12.0. The number of benzene rings is 1. The van der Waals surface area contributed by atoms with Crippen molar-refractivity contribution in [3.63, 3.8) is 0 Å². The Bertz CT molecular complexity index is 828. The molecule has 0 radical (unpaired) electrons. The molecule has 0 spiro atoms. The van der Waals surface area contributed by atoms with Crippen molar-refractivity contribution in [1.82, 2.24) is 5.32 Å². The van der Waals surface area contributed by atoms with Crippen molar-refractivity contribution < 1.29 is 36.2 Å². The van der Waals surface area contributed by atoms with Crippen LogP contribution in [0.1, 0.15) is 81.9 Å². The van der Waals surface area contributed by atoms with Gasteiger partial charge < -0.3 is 16.2 Å². The minimum Gasteiger partial charge on any atom is -0.393 e. The monoisotopic (exact) mass is 522 g/mol. The van der Waals surface area contributed by atoms with E-state index in [0.717, 1.165) is 12.8 Å². The molecule has 0 aromatic heterocycles. The van der Waals surface area contributed by atoms with Gasteiger partial charge in [0.05, 0.1) is 22.6 Å². The van der Waals surface area contributed by atoms with Crippen LogP contribution in [0.15, 0.2) is 18.2 Å². The number of terminal acetylenes is 1. The fourth-order valence-electron chi connectivity index (χ4n) is 4.67. The van der Waals surface area contributed by atoms with Crippen LogP contribution in [0.2, 0.25) is 0 Å². The second-order valence-electron chi connectivity index (χ2n) is 9.70. The second kappa shape index (κ2) is 13.3. The maximum Gasteiger partial charge on any atom is 0.416 e. The number of halogens is 6. The molecule has 0 aliphatic heterocycles. The highest BCUT2D eigenvalue weighted by molar-refractivity contribution is 5.83. The standard InChI is InChI=1S/C18H22F6N2O.C6H12O.C2H2/c1-10(2)16(4-3-14(25)8-16)15(27)26-9-11-5-12(17(19,20)21)7-13(6-11)18(22,23)24;7-6-4-2-1-3-5-6;1-2/h5-7,10,14H,3-4,8-9,25H2,1-2H3,(H,26,27);6-7H,1-5H2;1-2H. The molecule has 4 nitrogen and oxygen atoms in total. The summed E-state index contributed by atoms with van der Waals surface area (Å²) in [6, 6.07) is 1.16. The Morgan fingerprint density at radius 3 is 1.86 bits per heavy atom. The molecule has 0 saturated heterocycles. The van der Waals surface area contributed by atoms with E-state index < -0.39 is 41.3 Å². The fraction of sp³-hybridized carbons (Fsp3) is 0.654. The third-order valence-corrected chi connectivity index (χ3v) is 6.82. The predicted molar refractivity (Wildman–Crippen MR) is 126 cm³/mol. The first-order chi connectivity index (χ1) is 16.6. The van der Waals surface area contributed by atoms with E-state index in [4.69, 9.17) is 10.8 Å². The van der Waals surface area contributed by atoms with Gasteiger partial charge in [-0.05, 0) is 61.8 Å². The quantitative estimate of drug-likeness (QED) is 0.333. The lowest BCUT2D eigenvalue weighted by Gasteiger charge is -2.32. The molecular weight excluding hydrogens is 486 g/mol. The predicted octanol–water partition coefficient (Wildman–Crippen LogP) is 6.05. The van der Waals surface area contributed by atoms with Gasteiger partial charge in [0.15, 0.2) is 0 Å². The van der Waals surface area contributed by atoms with Gasteiger partial charge in [-0.3, -0.25) is 4.79 Å². The summed E-state index contributed by atoms with van der Waals surface area (Å²) >= 11 is 0. The molecule has 4 N–H and O–H groups in total. The summed E-state index contributed by atoms with van der Waals surface area (Å²) in [5.74, 6) is -0.449. The van der Waals surface area contributed by atoms with Crippen LogP contribution in [0, 0.1) is 24.2 Å². The molecule has 10 heteroatoms. The Balaban J connectivity index is 0.000000609. The normalized spacial score (nSPS) is 22.8. The number of alkyl halides is 6. The van der Waals surface area contributed by atoms with Gasteiger partial charge in [0.2, 0.25) is 5.91 Å². The Morgan fingerprint density at radius 1 is 1.03 bits per heavy atom. The number of hydrogen-bond acceptors (Lipinski definition) is 3. The summed E-state index contributed by atoms with van der Waals surface area (Å²) in [7, 11) is 0. The number of hydrogen-bond donors (Lipinski definition) is 3. The molecule has 3 rings (SSSR count). The van der Waals surface area contributed by atoms with Crippen LogP contribution in [0.4, 0.5) is 26.3 Å². The van der Waals surface area contributed by atoms with Gasteiger partial charge in [-0.2, -0.15) is 26.3 Å². The lowest BCUT2D eigenvalue weighted by molar-refractivity contribution is -0.143. The summed E-state index contributed by atoms with van der Waals surface area (Å²) in [6.45, 7) is 3.28. The van der Waals surface area contributed by atoms with Crippen molar-refractivity contribution >= 4 is 5.91 Å². The minimum atomic E-state index is -4.92. The highest BCUT2D eigenvalue weighted by Gasteiger charge is 2.46. The molecule has 2 atom stereocenters. The summed E-state index contributed by atoms with van der Waals surface area (Å²) in [5.41, 5.74) is 2.08. The Labute approximate surface area is 209 Å². The molecule has 0 heterocycles. The number of aliphatic hydroxyl groups is 1. The number of carbonyl (C=O) groups is 1. The van der Waals surface area contributed by atoms with Crippen LogP contribution in [-0.4, -0.2) is 23.2 Å². The maximum absolute atomic E-state index is 12.9. The first kappa shape index (κ1) is 31.8. The Hall–Kier alpha value is -2.25. The van der Waals surface area contributed by atoms with E-state index in [1.54, 1.807) is 0 Å². The fourth-order valence-corrected chi connectivity index (χ4v) is 4.67. The van der Waals surface area contributed by atoms with Crippen molar-refractivity contribution in [3.8, 4) is 12.8 Å². The van der Waals surface area contributed by atoms with Gasteiger partial charge in [-0.15, -0.1) is 12.8 Å². The summed E-state index contributed by atoms with van der Waals surface area (Å²) in [6.07, 6.45) is 5.71. The SMILES string of the molecule is C#C.CC(C)C1(C(=O)NCc2cc(C(F)(F)F)cc(C(F)(F)F)c2)CCC(N)C1.OC1CCCCC1. The number of amides is 1. The molecule has 1 aromatic rings. The van der Waals surface area contributed by atoms with E-state index >= 15 is 0 Å². The van der Waals surface area contributed by atoms with E-state index in [0.29, 0.717) is 31.4 Å². The van der Waals surface area contributed by atoms with E-state index in [9.17, 15) is 31.1 Å². The van der Waals surface area contributed by atoms with Gasteiger partial charge in [0, 0.05) is 12.6 Å². The van der Waals surface area contributed by atoms with Crippen LogP contribution in [0.3, 0.4) is 0 Å². The average molecular weight is 523 g/mol. The summed E-state index contributed by atoms with van der Waals surface area (Å²) in [5, 5.41) is 11.4. The van der Waals surface area contributed by atoms with Crippen molar-refractivity contribution in [2.75, 3.05) is 0 Å². The van der Waals surface area contributed by atoms with E-state index in [1.807, 2.05) is 13.8 Å². The third kappa shape index (κ3) is 9.00. The largest absolute Gasteiger partial charge is 0.416 e. The molecule has 36 heavy (non-hydrogen) atoms. The van der Waals surface area contributed by atoms with E-state index in [1.165, 1.54) is 19.3 Å². The highest BCUT2D eigenvalue weighted by atomic mass is 19.4. The van der Waals surface area contributed by atoms with Gasteiger partial charge >= 0.3 is 12.4 Å². The number of carbonyl (C=O) groups excluding carboxylic acids is 1. The third-order valence-electron chi connectivity index (χ3n) is 6.82. The average Bonchev–Trinajstić information content (AvgIpc) is 3.21. The zero-order valence-corrected chi connectivity index (χ0v) is 20.7. The van der Waals surface area contributed by atoms with Crippen LogP contribution >= 0.6 is 0 Å². The lowest BCUT2D eigenvalue weighted by atomic mass is 9.74. The molecule has 1 amide bonds. The number of nitrogens with two attached hydrogens (primary N) is 1. The Kier molecular flexibility index (Phi) is 11.8. The zero-order valence-electron chi connectivity index (χ0n) is 20.7. The van der Waals surface area contributed by atoms with Crippen molar-refractivity contribution in [3.05, 3.63) is 34.9 Å². The van der Waals surface area contributed by atoms with Gasteiger partial charge in [0.25, 0.3) is 0 Å². The number of nitrogens with one attached hydrogen (secondary N) is 1. The van der Waals surface area contributed by atoms with Crippen LogP contribution in [0.25, 0.3) is 0 Å². The molecule has 1 aromatic carbocycles. The maximum atomic E-state index is 12.9. The van der Waals surface area contributed by atoms with Gasteiger partial charge in [0.1, 0.15) is 0 Å². The molecule has 2 aliphatic rings. The Morgan fingerprint density at radius 2 is 1.53 bits per heavy atom. The number of rotatable bonds is 4. The van der Waals surface area contributed by atoms with E-state index in [-0.39, 0.29) is 29.7 Å². The summed E-state index contributed by atoms with van der Waals surface area (Å²) < 4.78 is 77.5. The van der Waals surface area contributed by atoms with Crippen molar-refractivity contribution in [2.24, 2.45) is 17.1 Å². The van der Waals surface area contributed by atoms with Crippen LogP contribution in [-0.2, 0) is 23.7 Å². The minimum absolute atomic E-state index is 0.0359. The molecule has 0 bridgehead atoms. The van der Waals surface area contributed by atoms with Crippen LogP contribution in [0.5, 0.6) is 0 Å². The molecule has 2 fully saturated rings. The van der Waals surface area contributed by atoms with Crippen LogP contribution < -0.4 is 11.1 Å². The van der Waals surface area contributed by atoms with E-state index in [2.05, 4.69) is 18.2 Å². The molecule has 2 aliphatic carbocycles. The number of aliphatic hydroxyl groups excluding tert-OH is 1. The zero-order chi connectivity index (χ0) is 27.7. The van der Waals surface area contributed by atoms with Gasteiger partial charge in [-0.1, -0.05) is 33.1 Å². The molecule has 2 saturated carbocycles. The second-order valence-corrected chi connectivity index (χ2v) is 9.70. The smallest absolute Gasteiger partial charge is 0.393 e. The highest BCUT2D eigenvalue weighted by Crippen LogP contribution is 2.44. The van der Waals surface area contributed by atoms with Crippen molar-refractivity contribution in [1.29, 1.82) is 0 Å². The first-order valence-corrected chi connectivity index (χ1v) is 12.0. The van der Waals surface area contributed by atoms with Gasteiger partial charge in [-0.25, -0.2) is 0 Å². The molecule has 204 valence electrons. The van der Waals surface area contributed by atoms with Crippen molar-refractivity contribution in [2.45, 2.75) is 96.3 Å².